The third-order valence-corrected chi connectivity index (χ3v) is 14.9. The molecular weight excluding hydrogens is 937 g/mol. The number of ether oxygens (including phenoxy) is 4. The summed E-state index contributed by atoms with van der Waals surface area (Å²) in [4.78, 5) is 25.3. The van der Waals surface area contributed by atoms with Crippen LogP contribution in [0.15, 0.2) is 98.1 Å². The molecule has 22 heteroatoms. The number of rotatable bonds is 16. The molecule has 8 aromatic rings. The van der Waals surface area contributed by atoms with Gasteiger partial charge in [-0.05, 0) is 100 Å². The monoisotopic (exact) mass is 988 g/mol. The number of sulfone groups is 2. The van der Waals surface area contributed by atoms with Gasteiger partial charge >= 0.3 is 0 Å². The Bertz CT molecular complexity index is 3080. The first-order chi connectivity index (χ1) is 33.5. The average Bonchev–Trinajstić information content (AvgIpc) is 3.96. The van der Waals surface area contributed by atoms with Crippen LogP contribution in [0.5, 0.6) is 23.0 Å². The first-order valence-corrected chi connectivity index (χ1v) is 25.1. The van der Waals surface area contributed by atoms with Crippen molar-refractivity contribution in [1.82, 2.24) is 59.4 Å². The van der Waals surface area contributed by atoms with Crippen LogP contribution in [-0.2, 0) is 31.2 Å². The van der Waals surface area contributed by atoms with Crippen molar-refractivity contribution >= 4 is 19.7 Å². The Morgan fingerprint density at radius 1 is 0.471 bits per heavy atom. The molecule has 6 aromatic heterocycles. The molecule has 0 N–H and O–H groups in total. The van der Waals surface area contributed by atoms with Gasteiger partial charge < -0.3 is 18.9 Å². The van der Waals surface area contributed by atoms with Gasteiger partial charge in [0.05, 0.1) is 28.4 Å². The van der Waals surface area contributed by atoms with Crippen LogP contribution in [0.3, 0.4) is 0 Å². The summed E-state index contributed by atoms with van der Waals surface area (Å²) in [5.74, 6) is 2.74. The molecule has 70 heavy (non-hydrogen) atoms. The fraction of sp³-hybridized carbons (Fsp3) is 0.292. The van der Waals surface area contributed by atoms with Gasteiger partial charge in [-0.1, -0.05) is 12.1 Å². The zero-order valence-electron chi connectivity index (χ0n) is 40.3. The first-order valence-electron chi connectivity index (χ1n) is 21.7. The Morgan fingerprint density at radius 3 is 1.10 bits per heavy atom. The summed E-state index contributed by atoms with van der Waals surface area (Å²) in [6.07, 6.45) is 13.1. The molecule has 0 aliphatic heterocycles. The molecule has 0 unspecified atom stereocenters. The maximum atomic E-state index is 13.4. The van der Waals surface area contributed by atoms with Crippen LogP contribution in [0.2, 0.25) is 0 Å². The predicted molar refractivity (Wildman–Crippen MR) is 260 cm³/mol. The molecule has 8 rings (SSSR count). The van der Waals surface area contributed by atoms with E-state index in [2.05, 4.69) is 50.3 Å². The highest BCUT2D eigenvalue weighted by Crippen LogP contribution is 2.39. The van der Waals surface area contributed by atoms with Crippen molar-refractivity contribution in [3.05, 3.63) is 144 Å². The Morgan fingerprint density at radius 2 is 0.800 bits per heavy atom. The lowest BCUT2D eigenvalue weighted by atomic mass is 10.2. The topological polar surface area (TPSA) is 244 Å². The zero-order chi connectivity index (χ0) is 50.3. The number of hydrogen-bond donors (Lipinski definition) is 0. The second-order valence-electron chi connectivity index (χ2n) is 16.2. The molecule has 2 atom stereocenters. The van der Waals surface area contributed by atoms with Crippen LogP contribution >= 0.6 is 0 Å². The number of hydrogen-bond acceptors (Lipinski definition) is 18. The van der Waals surface area contributed by atoms with Gasteiger partial charge in [0.2, 0.25) is 0 Å². The first kappa shape index (κ1) is 50.2. The second-order valence-corrected chi connectivity index (χ2v) is 20.9. The van der Waals surface area contributed by atoms with Crippen molar-refractivity contribution in [1.29, 1.82) is 0 Å². The van der Waals surface area contributed by atoms with Crippen molar-refractivity contribution in [2.45, 2.75) is 63.5 Å². The Balaban J connectivity index is 0.000000206. The van der Waals surface area contributed by atoms with E-state index in [1.54, 1.807) is 109 Å². The van der Waals surface area contributed by atoms with Crippen molar-refractivity contribution in [2.24, 2.45) is 0 Å². The number of methoxy groups -OCH3 is 4. The van der Waals surface area contributed by atoms with Crippen LogP contribution in [-0.4, -0.2) is 105 Å². The summed E-state index contributed by atoms with van der Waals surface area (Å²) in [7, 11) is -1.42. The van der Waals surface area contributed by atoms with Crippen LogP contribution in [0, 0.1) is 27.7 Å². The van der Waals surface area contributed by atoms with Gasteiger partial charge in [0.1, 0.15) is 68.0 Å². The molecule has 0 saturated heterocycles. The Labute approximate surface area is 406 Å². The standard InChI is InChI=1S/2C24H26N6O4S/c2*1-15-9-18(13-25-10-15)24-29-28-21(30(24)22-19(33-4)7-6-8-20(22)34-5)14-35(31,32)17(3)23-26-11-16(2)12-27-23/h2*6-13,17H,14H2,1-5H3/t2*17-/m10/s1. The summed E-state index contributed by atoms with van der Waals surface area (Å²) < 4.78 is 79.5. The van der Waals surface area contributed by atoms with Gasteiger partial charge in [0.15, 0.2) is 43.0 Å². The molecular formula is C48H52N12O8S2. The molecule has 20 nitrogen and oxygen atoms in total. The fourth-order valence-electron chi connectivity index (χ4n) is 7.28. The van der Waals surface area contributed by atoms with Gasteiger partial charge in [-0.25, -0.2) is 36.8 Å². The summed E-state index contributed by atoms with van der Waals surface area (Å²) in [6.45, 7) is 10.6. The highest BCUT2D eigenvalue weighted by atomic mass is 32.2. The van der Waals surface area contributed by atoms with E-state index in [1.807, 2.05) is 39.8 Å². The molecule has 0 amide bonds. The van der Waals surface area contributed by atoms with Gasteiger partial charge in [0.25, 0.3) is 0 Å². The smallest absolute Gasteiger partial charge is 0.170 e. The van der Waals surface area contributed by atoms with Gasteiger partial charge in [-0.3, -0.25) is 19.1 Å². The molecule has 0 saturated carbocycles. The lowest BCUT2D eigenvalue weighted by molar-refractivity contribution is 0.390. The summed E-state index contributed by atoms with van der Waals surface area (Å²) in [5, 5.41) is 15.4. The third-order valence-electron chi connectivity index (χ3n) is 11.0. The van der Waals surface area contributed by atoms with Crippen molar-refractivity contribution in [3.8, 4) is 57.1 Å². The van der Waals surface area contributed by atoms with E-state index in [9.17, 15) is 16.8 Å². The molecule has 0 fully saturated rings. The number of pyridine rings is 2. The Hall–Kier alpha value is -7.72. The minimum Gasteiger partial charge on any atom is -0.494 e. The van der Waals surface area contributed by atoms with Crippen molar-refractivity contribution in [3.63, 3.8) is 0 Å². The molecule has 0 aliphatic rings. The third kappa shape index (κ3) is 10.8. The molecule has 2 aromatic carbocycles. The van der Waals surface area contributed by atoms with E-state index in [0.717, 1.165) is 22.3 Å². The molecule has 0 spiro atoms. The highest BCUT2D eigenvalue weighted by molar-refractivity contribution is 7.91. The zero-order valence-corrected chi connectivity index (χ0v) is 41.9. The van der Waals surface area contributed by atoms with Crippen LogP contribution in [0.4, 0.5) is 0 Å². The van der Waals surface area contributed by atoms with Crippen molar-refractivity contribution < 1.29 is 35.8 Å². The largest absolute Gasteiger partial charge is 0.494 e. The predicted octanol–water partition coefficient (Wildman–Crippen LogP) is 6.86. The SMILES string of the molecule is COc1cccc(OC)c1-n1c(CS(=O)(=O)[C@@H](C)c2ncc(C)cn2)nnc1-c1cncc(C)c1.COc1cccc(OC)c1-n1c(CS(=O)(=O)[C@H](C)c2ncc(C)cn2)nnc1-c1cncc(C)c1. The molecule has 0 aliphatic carbocycles. The molecule has 0 radical (unpaired) electrons. The van der Waals surface area contributed by atoms with E-state index in [0.29, 0.717) is 57.1 Å². The number of aryl methyl sites for hydroxylation is 4. The summed E-state index contributed by atoms with van der Waals surface area (Å²) in [5.41, 5.74) is 5.85. The average molecular weight is 989 g/mol. The van der Waals surface area contributed by atoms with E-state index in [-0.39, 0.29) is 23.3 Å². The van der Waals surface area contributed by atoms with Crippen molar-refractivity contribution in [2.75, 3.05) is 28.4 Å². The number of nitrogens with zero attached hydrogens (tertiary/aromatic N) is 12. The fourth-order valence-corrected chi connectivity index (χ4v) is 9.76. The van der Waals surface area contributed by atoms with Crippen LogP contribution in [0.1, 0.15) is 69.9 Å². The quantitative estimate of drug-likeness (QED) is 0.0959. The number of benzene rings is 2. The van der Waals surface area contributed by atoms with E-state index >= 15 is 0 Å². The molecule has 6 heterocycles. The number of aromatic nitrogens is 12. The van der Waals surface area contributed by atoms with E-state index < -0.39 is 41.7 Å². The number of para-hydroxylation sites is 2. The summed E-state index contributed by atoms with van der Waals surface area (Å²) in [6, 6.07) is 14.4. The maximum Gasteiger partial charge on any atom is 0.170 e. The molecule has 364 valence electrons. The van der Waals surface area contributed by atoms with E-state index in [4.69, 9.17) is 18.9 Å². The lowest BCUT2D eigenvalue weighted by Gasteiger charge is -2.18. The second kappa shape index (κ2) is 21.3. The molecule has 0 bridgehead atoms. The van der Waals surface area contributed by atoms with Gasteiger partial charge in [-0.2, -0.15) is 0 Å². The highest BCUT2D eigenvalue weighted by Gasteiger charge is 2.33. The minimum absolute atomic E-state index is 0.197. The lowest BCUT2D eigenvalue weighted by Crippen LogP contribution is -2.18. The minimum atomic E-state index is -3.77. The van der Waals surface area contributed by atoms with E-state index in [1.165, 1.54) is 28.4 Å². The van der Waals surface area contributed by atoms with Gasteiger partial charge in [-0.15, -0.1) is 20.4 Å². The maximum absolute atomic E-state index is 13.4. The van der Waals surface area contributed by atoms with Crippen LogP contribution < -0.4 is 18.9 Å². The van der Waals surface area contributed by atoms with Crippen LogP contribution in [0.25, 0.3) is 34.2 Å². The Kier molecular flexibility index (Phi) is 15.3. The van der Waals surface area contributed by atoms with Gasteiger partial charge in [0, 0.05) is 60.7 Å². The summed E-state index contributed by atoms with van der Waals surface area (Å²) >= 11 is 0. The normalized spacial score (nSPS) is 12.4.